The van der Waals surface area contributed by atoms with E-state index < -0.39 is 5.97 Å². The van der Waals surface area contributed by atoms with E-state index in [2.05, 4.69) is 4.90 Å². The van der Waals surface area contributed by atoms with Gasteiger partial charge in [0.15, 0.2) is 0 Å². The molecular weight excluding hydrogens is 262 g/mol. The lowest BCUT2D eigenvalue weighted by molar-refractivity contribution is -0.141. The van der Waals surface area contributed by atoms with Crippen LogP contribution >= 0.6 is 11.6 Å². The summed E-state index contributed by atoms with van der Waals surface area (Å²) in [5, 5.41) is 9.74. The number of nitrogens with zero attached hydrogens (tertiary/aromatic N) is 1. The molecule has 0 aliphatic carbocycles. The predicted molar refractivity (Wildman–Crippen MR) is 78.0 cm³/mol. The van der Waals surface area contributed by atoms with Crippen LogP contribution in [0.2, 0.25) is 5.02 Å². The molecule has 0 spiro atoms. The van der Waals surface area contributed by atoms with Gasteiger partial charge in [0.2, 0.25) is 0 Å². The first kappa shape index (κ1) is 14.2. The van der Waals surface area contributed by atoms with Crippen LogP contribution in [0.25, 0.3) is 0 Å². The molecule has 19 heavy (non-hydrogen) atoms. The fraction of sp³-hybridized carbons (Fsp3) is 0.533. The standard InChI is InChI=1S/C15H20ClNO2/c1-11(15(18)19)9-12-10-13(16)5-6-14(12)17-7-3-2-4-8-17/h5-6,10-11H,2-4,7-9H2,1H3,(H,18,19). The van der Waals surface area contributed by atoms with Crippen LogP contribution in [0.3, 0.4) is 0 Å². The Morgan fingerprint density at radius 2 is 2.05 bits per heavy atom. The van der Waals surface area contributed by atoms with Gasteiger partial charge in [0.05, 0.1) is 5.92 Å². The molecule has 1 aliphatic heterocycles. The van der Waals surface area contributed by atoms with Crippen molar-refractivity contribution in [3.63, 3.8) is 0 Å². The number of piperidine rings is 1. The summed E-state index contributed by atoms with van der Waals surface area (Å²) in [5.74, 6) is -1.15. The van der Waals surface area contributed by atoms with Gasteiger partial charge in [-0.15, -0.1) is 0 Å². The van der Waals surface area contributed by atoms with Crippen LogP contribution < -0.4 is 4.90 Å². The largest absolute Gasteiger partial charge is 0.481 e. The second-order valence-electron chi connectivity index (χ2n) is 5.26. The lowest BCUT2D eigenvalue weighted by atomic mass is 9.98. The normalized spacial score (nSPS) is 17.3. The van der Waals surface area contributed by atoms with Gasteiger partial charge in [0.1, 0.15) is 0 Å². The highest BCUT2D eigenvalue weighted by Crippen LogP contribution is 2.29. The molecule has 3 nitrogen and oxygen atoms in total. The number of aliphatic carboxylic acids is 1. The van der Waals surface area contributed by atoms with Gasteiger partial charge >= 0.3 is 5.97 Å². The first-order valence-electron chi connectivity index (χ1n) is 6.84. The van der Waals surface area contributed by atoms with Crippen molar-refractivity contribution in [2.75, 3.05) is 18.0 Å². The maximum absolute atomic E-state index is 11.0. The Morgan fingerprint density at radius 3 is 2.68 bits per heavy atom. The number of benzene rings is 1. The van der Waals surface area contributed by atoms with Gasteiger partial charge in [0.25, 0.3) is 0 Å². The molecule has 4 heteroatoms. The molecule has 1 heterocycles. The van der Waals surface area contributed by atoms with E-state index >= 15 is 0 Å². The molecule has 0 saturated carbocycles. The number of anilines is 1. The van der Waals surface area contributed by atoms with Crippen molar-refractivity contribution in [2.24, 2.45) is 5.92 Å². The summed E-state index contributed by atoms with van der Waals surface area (Å²) in [4.78, 5) is 13.4. The SMILES string of the molecule is CC(Cc1cc(Cl)ccc1N1CCCCC1)C(=O)O. The minimum atomic E-state index is -0.760. The van der Waals surface area contributed by atoms with E-state index in [4.69, 9.17) is 16.7 Å². The molecule has 1 unspecified atom stereocenters. The quantitative estimate of drug-likeness (QED) is 0.917. The van der Waals surface area contributed by atoms with Crippen LogP contribution in [-0.4, -0.2) is 24.2 Å². The van der Waals surface area contributed by atoms with Gasteiger partial charge < -0.3 is 10.0 Å². The van der Waals surface area contributed by atoms with E-state index in [1.54, 1.807) is 6.92 Å². The fourth-order valence-electron chi connectivity index (χ4n) is 2.58. The average Bonchev–Trinajstić information content (AvgIpc) is 2.39. The zero-order valence-electron chi connectivity index (χ0n) is 11.2. The molecule has 0 radical (unpaired) electrons. The highest BCUT2D eigenvalue weighted by Gasteiger charge is 2.18. The zero-order valence-corrected chi connectivity index (χ0v) is 12.0. The Hall–Kier alpha value is -1.22. The molecule has 1 aliphatic rings. The monoisotopic (exact) mass is 281 g/mol. The van der Waals surface area contributed by atoms with Crippen molar-refractivity contribution < 1.29 is 9.90 Å². The molecule has 0 bridgehead atoms. The van der Waals surface area contributed by atoms with Crippen LogP contribution in [0.1, 0.15) is 31.7 Å². The van der Waals surface area contributed by atoms with Crippen LogP contribution in [0.4, 0.5) is 5.69 Å². The minimum Gasteiger partial charge on any atom is -0.481 e. The molecular formula is C15H20ClNO2. The van der Waals surface area contributed by atoms with Gasteiger partial charge in [0, 0.05) is 23.8 Å². The summed E-state index contributed by atoms with van der Waals surface area (Å²) in [6.45, 7) is 3.84. The van der Waals surface area contributed by atoms with E-state index in [1.165, 1.54) is 19.3 Å². The molecule has 104 valence electrons. The first-order valence-corrected chi connectivity index (χ1v) is 7.22. The Bertz CT molecular complexity index is 455. The molecule has 1 fully saturated rings. The smallest absolute Gasteiger partial charge is 0.306 e. The molecule has 1 N–H and O–H groups in total. The second-order valence-corrected chi connectivity index (χ2v) is 5.70. The predicted octanol–water partition coefficient (Wildman–Crippen LogP) is 3.59. The number of hydrogen-bond acceptors (Lipinski definition) is 2. The Kier molecular flexibility index (Phi) is 4.70. The maximum Gasteiger partial charge on any atom is 0.306 e. The van der Waals surface area contributed by atoms with Gasteiger partial charge in [-0.05, 0) is 49.4 Å². The van der Waals surface area contributed by atoms with Crippen molar-refractivity contribution in [1.82, 2.24) is 0 Å². The average molecular weight is 282 g/mol. The third-order valence-electron chi connectivity index (χ3n) is 3.69. The van der Waals surface area contributed by atoms with Crippen LogP contribution in [0.5, 0.6) is 0 Å². The third kappa shape index (κ3) is 3.63. The van der Waals surface area contributed by atoms with E-state index in [0.717, 1.165) is 24.3 Å². The zero-order chi connectivity index (χ0) is 13.8. The summed E-state index contributed by atoms with van der Waals surface area (Å²) in [6, 6.07) is 5.82. The minimum absolute atomic E-state index is 0.387. The van der Waals surface area contributed by atoms with Crippen LogP contribution in [-0.2, 0) is 11.2 Å². The number of carbonyl (C=O) groups is 1. The van der Waals surface area contributed by atoms with Gasteiger partial charge in [-0.25, -0.2) is 0 Å². The van der Waals surface area contributed by atoms with Gasteiger partial charge in [-0.1, -0.05) is 18.5 Å². The van der Waals surface area contributed by atoms with E-state index in [9.17, 15) is 4.79 Å². The highest BCUT2D eigenvalue weighted by atomic mass is 35.5. The summed E-state index contributed by atoms with van der Waals surface area (Å²) in [7, 11) is 0. The fourth-order valence-corrected chi connectivity index (χ4v) is 2.77. The number of hydrogen-bond donors (Lipinski definition) is 1. The number of carboxylic acids is 1. The first-order chi connectivity index (χ1) is 9.08. The van der Waals surface area contributed by atoms with Crippen molar-refractivity contribution in [2.45, 2.75) is 32.6 Å². The lowest BCUT2D eigenvalue weighted by Gasteiger charge is -2.31. The molecule has 1 aromatic rings. The molecule has 0 amide bonds. The topological polar surface area (TPSA) is 40.5 Å². The summed E-state index contributed by atoms with van der Waals surface area (Å²) in [5.41, 5.74) is 2.20. The van der Waals surface area contributed by atoms with Crippen molar-refractivity contribution in [1.29, 1.82) is 0 Å². The number of rotatable bonds is 4. The molecule has 2 rings (SSSR count). The Balaban J connectivity index is 2.24. The van der Waals surface area contributed by atoms with E-state index in [-0.39, 0.29) is 5.92 Å². The van der Waals surface area contributed by atoms with Gasteiger partial charge in [-0.2, -0.15) is 0 Å². The molecule has 1 atom stereocenters. The van der Waals surface area contributed by atoms with Crippen LogP contribution in [0.15, 0.2) is 18.2 Å². The van der Waals surface area contributed by atoms with Gasteiger partial charge in [-0.3, -0.25) is 4.79 Å². The summed E-state index contributed by atoms with van der Waals surface area (Å²) >= 11 is 6.05. The van der Waals surface area contributed by atoms with Crippen LogP contribution in [0, 0.1) is 5.92 Å². The molecule has 0 aromatic heterocycles. The maximum atomic E-state index is 11.0. The van der Waals surface area contributed by atoms with Crippen molar-refractivity contribution in [3.8, 4) is 0 Å². The van der Waals surface area contributed by atoms with E-state index in [0.29, 0.717) is 11.4 Å². The third-order valence-corrected chi connectivity index (χ3v) is 3.92. The number of halogens is 1. The Morgan fingerprint density at radius 1 is 1.37 bits per heavy atom. The second kappa shape index (κ2) is 6.29. The highest BCUT2D eigenvalue weighted by molar-refractivity contribution is 6.30. The lowest BCUT2D eigenvalue weighted by Crippen LogP contribution is -2.30. The van der Waals surface area contributed by atoms with Crippen molar-refractivity contribution in [3.05, 3.63) is 28.8 Å². The summed E-state index contributed by atoms with van der Waals surface area (Å²) < 4.78 is 0. The van der Waals surface area contributed by atoms with Crippen molar-refractivity contribution >= 4 is 23.3 Å². The summed E-state index contributed by atoms with van der Waals surface area (Å²) in [6.07, 6.45) is 4.22. The molecule has 1 saturated heterocycles. The molecule has 1 aromatic carbocycles. The van der Waals surface area contributed by atoms with E-state index in [1.807, 2.05) is 18.2 Å². The number of carboxylic acid groups (broad SMARTS) is 1. The Labute approximate surface area is 119 Å².